The molecule has 0 aromatic carbocycles. The lowest BCUT2D eigenvalue weighted by Crippen LogP contribution is -2.05. The molecule has 1 N–H and O–H groups in total. The van der Waals surface area contributed by atoms with Crippen molar-refractivity contribution in [1.82, 2.24) is 14.8 Å². The predicted molar refractivity (Wildman–Crippen MR) is 69.5 cm³/mol. The highest BCUT2D eigenvalue weighted by Gasteiger charge is 2.19. The zero-order chi connectivity index (χ0) is 13.1. The van der Waals surface area contributed by atoms with Crippen molar-refractivity contribution in [3.05, 3.63) is 44.7 Å². The molecule has 2 aromatic heterocycles. The Balaban J connectivity index is 2.29. The monoisotopic (exact) mass is 311 g/mol. The third-order valence-corrected chi connectivity index (χ3v) is 2.89. The summed E-state index contributed by atoms with van der Waals surface area (Å²) in [6, 6.07) is 3.70. The summed E-state index contributed by atoms with van der Waals surface area (Å²) in [4.78, 5) is 14.3. The number of hydrogen-bond acceptors (Lipinski definition) is 5. The normalized spacial score (nSPS) is 10.3. The standard InChI is InChI=1S/C10H10BrN5O2/c1-12-9-7(3-2-4-13-9)5-15-6-8(11)10(14-15)16(17)18/h2-4,6H,5H2,1H3,(H,12,13). The largest absolute Gasteiger partial charge is 0.404 e. The molecule has 0 aliphatic rings. The van der Waals surface area contributed by atoms with Crippen LogP contribution in [0.15, 0.2) is 29.0 Å². The molecule has 2 rings (SSSR count). The van der Waals surface area contributed by atoms with Gasteiger partial charge < -0.3 is 15.4 Å². The predicted octanol–water partition coefficient (Wildman–Crippen LogP) is 2.04. The Labute approximate surface area is 111 Å². The fraction of sp³-hybridized carbons (Fsp3) is 0.200. The summed E-state index contributed by atoms with van der Waals surface area (Å²) in [6.07, 6.45) is 3.25. The summed E-state index contributed by atoms with van der Waals surface area (Å²) in [7, 11) is 1.77. The Morgan fingerprint density at radius 3 is 3.00 bits per heavy atom. The summed E-state index contributed by atoms with van der Waals surface area (Å²) >= 11 is 3.11. The first-order chi connectivity index (χ1) is 8.61. The minimum absolute atomic E-state index is 0.190. The first-order valence-corrected chi connectivity index (χ1v) is 5.90. The molecule has 0 aliphatic heterocycles. The first kappa shape index (κ1) is 12.5. The van der Waals surface area contributed by atoms with Crippen LogP contribution in [0.2, 0.25) is 0 Å². The fourth-order valence-electron chi connectivity index (χ4n) is 1.56. The zero-order valence-corrected chi connectivity index (χ0v) is 11.1. The molecule has 0 radical (unpaired) electrons. The van der Waals surface area contributed by atoms with Gasteiger partial charge in [0.25, 0.3) is 0 Å². The molecule has 0 amide bonds. The first-order valence-electron chi connectivity index (χ1n) is 5.11. The number of pyridine rings is 1. The van der Waals surface area contributed by atoms with Crippen LogP contribution in [-0.4, -0.2) is 26.7 Å². The van der Waals surface area contributed by atoms with E-state index < -0.39 is 4.92 Å². The van der Waals surface area contributed by atoms with E-state index in [1.54, 1.807) is 19.4 Å². The van der Waals surface area contributed by atoms with Gasteiger partial charge in [0, 0.05) is 18.8 Å². The van der Waals surface area contributed by atoms with Crippen LogP contribution in [0.1, 0.15) is 5.56 Å². The van der Waals surface area contributed by atoms with Crippen LogP contribution in [0.25, 0.3) is 0 Å². The van der Waals surface area contributed by atoms with Crippen LogP contribution >= 0.6 is 15.9 Å². The summed E-state index contributed by atoms with van der Waals surface area (Å²) in [6.45, 7) is 0.413. The minimum Gasteiger partial charge on any atom is -0.373 e. The molecule has 0 unspecified atom stereocenters. The topological polar surface area (TPSA) is 85.9 Å². The number of rotatable bonds is 4. The van der Waals surface area contributed by atoms with Crippen molar-refractivity contribution >= 4 is 27.6 Å². The van der Waals surface area contributed by atoms with E-state index in [2.05, 4.69) is 31.3 Å². The van der Waals surface area contributed by atoms with E-state index in [1.165, 1.54) is 4.68 Å². The maximum Gasteiger partial charge on any atom is 0.404 e. The van der Waals surface area contributed by atoms with Crippen molar-refractivity contribution in [3.63, 3.8) is 0 Å². The molecular formula is C10H10BrN5O2. The molecule has 0 atom stereocenters. The zero-order valence-electron chi connectivity index (χ0n) is 9.50. The average molecular weight is 312 g/mol. The van der Waals surface area contributed by atoms with E-state index >= 15 is 0 Å². The lowest BCUT2D eigenvalue weighted by Gasteiger charge is -2.05. The van der Waals surface area contributed by atoms with Crippen molar-refractivity contribution < 1.29 is 4.92 Å². The van der Waals surface area contributed by atoms with E-state index in [0.29, 0.717) is 11.0 Å². The van der Waals surface area contributed by atoms with E-state index in [0.717, 1.165) is 11.4 Å². The second-order valence-corrected chi connectivity index (χ2v) is 4.37. The number of nitro groups is 1. The Hall–Kier alpha value is -1.96. The molecule has 0 saturated carbocycles. The number of nitrogens with one attached hydrogen (secondary N) is 1. The second-order valence-electron chi connectivity index (χ2n) is 3.52. The van der Waals surface area contributed by atoms with Crippen molar-refractivity contribution in [2.75, 3.05) is 12.4 Å². The van der Waals surface area contributed by atoms with Crippen molar-refractivity contribution in [2.45, 2.75) is 6.54 Å². The summed E-state index contributed by atoms with van der Waals surface area (Å²) in [5.41, 5.74) is 0.907. The highest BCUT2D eigenvalue weighted by molar-refractivity contribution is 9.10. The van der Waals surface area contributed by atoms with E-state index in [-0.39, 0.29) is 5.82 Å². The van der Waals surface area contributed by atoms with Gasteiger partial charge in [-0.1, -0.05) is 6.07 Å². The highest BCUT2D eigenvalue weighted by Crippen LogP contribution is 2.23. The average Bonchev–Trinajstić information content (AvgIpc) is 2.71. The molecule has 0 bridgehead atoms. The Morgan fingerprint density at radius 2 is 2.39 bits per heavy atom. The highest BCUT2D eigenvalue weighted by atomic mass is 79.9. The van der Waals surface area contributed by atoms with Gasteiger partial charge in [-0.2, -0.15) is 4.68 Å². The number of anilines is 1. The van der Waals surface area contributed by atoms with E-state index in [1.807, 2.05) is 12.1 Å². The quantitative estimate of drug-likeness (QED) is 0.689. The smallest absolute Gasteiger partial charge is 0.373 e. The minimum atomic E-state index is -0.525. The van der Waals surface area contributed by atoms with Gasteiger partial charge in [-0.25, -0.2) is 4.98 Å². The second kappa shape index (κ2) is 5.13. The Bertz CT molecular complexity index is 583. The maximum atomic E-state index is 10.7. The third kappa shape index (κ3) is 2.48. The van der Waals surface area contributed by atoms with Crippen LogP contribution in [0.5, 0.6) is 0 Å². The van der Waals surface area contributed by atoms with Gasteiger partial charge in [0.2, 0.25) is 0 Å². The third-order valence-electron chi connectivity index (χ3n) is 2.33. The van der Waals surface area contributed by atoms with Gasteiger partial charge in [-0.15, -0.1) is 0 Å². The van der Waals surface area contributed by atoms with E-state index in [9.17, 15) is 10.1 Å². The van der Waals surface area contributed by atoms with Crippen LogP contribution in [0.3, 0.4) is 0 Å². The molecule has 8 heteroatoms. The van der Waals surface area contributed by atoms with Crippen molar-refractivity contribution in [1.29, 1.82) is 0 Å². The van der Waals surface area contributed by atoms with Crippen molar-refractivity contribution in [2.24, 2.45) is 0 Å². The van der Waals surface area contributed by atoms with Crippen LogP contribution in [0, 0.1) is 10.1 Å². The van der Waals surface area contributed by atoms with Gasteiger partial charge in [0.05, 0.1) is 17.8 Å². The number of hydrogen-bond donors (Lipinski definition) is 1. The molecule has 0 aliphatic carbocycles. The molecular weight excluding hydrogens is 302 g/mol. The van der Waals surface area contributed by atoms with E-state index in [4.69, 9.17) is 0 Å². The van der Waals surface area contributed by atoms with Crippen LogP contribution < -0.4 is 5.32 Å². The number of nitrogens with zero attached hydrogens (tertiary/aromatic N) is 4. The Kier molecular flexibility index (Phi) is 3.56. The number of aromatic nitrogens is 3. The summed E-state index contributed by atoms with van der Waals surface area (Å²) in [5.74, 6) is 0.539. The lowest BCUT2D eigenvalue weighted by molar-refractivity contribution is -0.390. The van der Waals surface area contributed by atoms with Gasteiger partial charge in [0.15, 0.2) is 0 Å². The molecule has 0 spiro atoms. The molecule has 18 heavy (non-hydrogen) atoms. The van der Waals surface area contributed by atoms with Gasteiger partial charge >= 0.3 is 5.82 Å². The van der Waals surface area contributed by atoms with Crippen molar-refractivity contribution in [3.8, 4) is 0 Å². The SMILES string of the molecule is CNc1ncccc1Cn1cc(Br)c([N+](=O)[O-])n1. The van der Waals surface area contributed by atoms with Gasteiger partial charge in [0.1, 0.15) is 10.3 Å². The summed E-state index contributed by atoms with van der Waals surface area (Å²) in [5, 5.41) is 17.5. The molecule has 0 saturated heterocycles. The van der Waals surface area contributed by atoms with Crippen LogP contribution in [-0.2, 0) is 6.54 Å². The lowest BCUT2D eigenvalue weighted by atomic mass is 10.2. The maximum absolute atomic E-state index is 10.7. The van der Waals surface area contributed by atoms with Gasteiger partial charge in [-0.3, -0.25) is 0 Å². The Morgan fingerprint density at radius 1 is 1.61 bits per heavy atom. The summed E-state index contributed by atoms with van der Waals surface area (Å²) < 4.78 is 1.86. The molecule has 0 fully saturated rings. The molecule has 94 valence electrons. The number of halogens is 1. The molecule has 2 heterocycles. The molecule has 2 aromatic rings. The van der Waals surface area contributed by atoms with Crippen LogP contribution in [0.4, 0.5) is 11.6 Å². The fourth-order valence-corrected chi connectivity index (χ4v) is 2.02. The molecule has 7 nitrogen and oxygen atoms in total. The van der Waals surface area contributed by atoms with Gasteiger partial charge in [-0.05, 0) is 26.9 Å².